The summed E-state index contributed by atoms with van der Waals surface area (Å²) in [4.78, 5) is 13.5. The van der Waals surface area contributed by atoms with Gasteiger partial charge in [0.1, 0.15) is 0 Å². The van der Waals surface area contributed by atoms with Crippen molar-refractivity contribution >= 4 is 5.91 Å². The third kappa shape index (κ3) is 2.45. The van der Waals surface area contributed by atoms with Gasteiger partial charge in [-0.2, -0.15) is 0 Å². The molecular weight excluding hydrogens is 178 g/mol. The second kappa shape index (κ2) is 4.75. The maximum Gasteiger partial charge on any atom is 0.234 e. The van der Waals surface area contributed by atoms with Crippen LogP contribution in [-0.2, 0) is 4.79 Å². The van der Waals surface area contributed by atoms with Crippen LogP contribution in [0, 0.1) is 0 Å². The second-order valence-electron chi connectivity index (χ2n) is 4.28. The number of carbonyl (C=O) groups excluding carboxylic acids is 1. The minimum atomic E-state index is 0.0839. The summed E-state index contributed by atoms with van der Waals surface area (Å²) >= 11 is 0. The summed E-state index contributed by atoms with van der Waals surface area (Å²) in [6, 6.07) is 0. The summed E-state index contributed by atoms with van der Waals surface area (Å²) in [6.07, 6.45) is 3.67. The van der Waals surface area contributed by atoms with Crippen molar-refractivity contribution in [3.8, 4) is 0 Å². The van der Waals surface area contributed by atoms with Gasteiger partial charge in [0.15, 0.2) is 0 Å². The van der Waals surface area contributed by atoms with Gasteiger partial charge in [0, 0.05) is 12.1 Å². The van der Waals surface area contributed by atoms with Gasteiger partial charge in [0.25, 0.3) is 0 Å². The first-order valence-corrected chi connectivity index (χ1v) is 5.19. The quantitative estimate of drug-likeness (QED) is 0.645. The van der Waals surface area contributed by atoms with Crippen LogP contribution < -0.4 is 10.6 Å². The van der Waals surface area contributed by atoms with Gasteiger partial charge >= 0.3 is 0 Å². The van der Waals surface area contributed by atoms with Crippen LogP contribution in [0.2, 0.25) is 0 Å². The predicted octanol–water partition coefficient (Wildman–Crippen LogP) is -0.194. The first-order valence-electron chi connectivity index (χ1n) is 5.19. The fraction of sp³-hybridized carbons (Fsp3) is 0.900. The molecule has 0 atom stereocenters. The number of hydrogen-bond donors (Lipinski definition) is 2. The summed E-state index contributed by atoms with van der Waals surface area (Å²) in [5, 5.41) is 5.81. The van der Waals surface area contributed by atoms with Crippen LogP contribution in [0.1, 0.15) is 19.3 Å². The molecule has 0 radical (unpaired) electrons. The fourth-order valence-electron chi connectivity index (χ4n) is 1.85. The van der Waals surface area contributed by atoms with Crippen LogP contribution in [0.3, 0.4) is 0 Å². The van der Waals surface area contributed by atoms with Crippen LogP contribution in [0.15, 0.2) is 0 Å². The third-order valence-corrected chi connectivity index (χ3v) is 3.18. The van der Waals surface area contributed by atoms with E-state index < -0.39 is 0 Å². The molecule has 4 nitrogen and oxygen atoms in total. The Morgan fingerprint density at radius 3 is 2.43 bits per heavy atom. The maximum atomic E-state index is 11.3. The van der Waals surface area contributed by atoms with E-state index in [2.05, 4.69) is 29.6 Å². The van der Waals surface area contributed by atoms with Crippen molar-refractivity contribution in [3.63, 3.8) is 0 Å². The lowest BCUT2D eigenvalue weighted by Crippen LogP contribution is -2.57. The molecule has 1 saturated carbocycles. The molecule has 0 aromatic heterocycles. The molecule has 0 aromatic carbocycles. The first kappa shape index (κ1) is 11.5. The van der Waals surface area contributed by atoms with Crippen LogP contribution in [0.25, 0.3) is 0 Å². The third-order valence-electron chi connectivity index (χ3n) is 3.18. The number of amides is 1. The fourth-order valence-corrected chi connectivity index (χ4v) is 1.85. The van der Waals surface area contributed by atoms with E-state index in [1.54, 1.807) is 7.05 Å². The Labute approximate surface area is 86.0 Å². The minimum absolute atomic E-state index is 0.0839. The van der Waals surface area contributed by atoms with E-state index in [0.717, 1.165) is 6.54 Å². The van der Waals surface area contributed by atoms with Crippen molar-refractivity contribution in [2.75, 3.05) is 34.2 Å². The Morgan fingerprint density at radius 1 is 1.43 bits per heavy atom. The van der Waals surface area contributed by atoms with Crippen LogP contribution >= 0.6 is 0 Å². The summed E-state index contributed by atoms with van der Waals surface area (Å²) in [5.74, 6) is 0.0839. The lowest BCUT2D eigenvalue weighted by molar-refractivity contribution is -0.121. The van der Waals surface area contributed by atoms with Gasteiger partial charge in [-0.1, -0.05) is 0 Å². The van der Waals surface area contributed by atoms with Crippen LogP contribution in [-0.4, -0.2) is 50.6 Å². The lowest BCUT2D eigenvalue weighted by Gasteiger charge is -2.47. The lowest BCUT2D eigenvalue weighted by atomic mass is 9.75. The molecular formula is C10H21N3O. The van der Waals surface area contributed by atoms with E-state index in [0.29, 0.717) is 6.54 Å². The number of nitrogens with one attached hydrogen (secondary N) is 2. The Bertz CT molecular complexity index is 200. The van der Waals surface area contributed by atoms with E-state index in [1.807, 2.05) is 0 Å². The molecule has 14 heavy (non-hydrogen) atoms. The number of rotatable bonds is 5. The monoisotopic (exact) mass is 199 g/mol. The molecule has 1 aliphatic carbocycles. The maximum absolute atomic E-state index is 11.3. The Hall–Kier alpha value is -0.610. The molecule has 1 amide bonds. The first-order chi connectivity index (χ1) is 6.60. The molecule has 1 rings (SSSR count). The SMILES string of the molecule is CNCC(=O)NCC1(N(C)C)CCC1. The van der Waals surface area contributed by atoms with Crippen LogP contribution in [0.5, 0.6) is 0 Å². The summed E-state index contributed by atoms with van der Waals surface area (Å²) < 4.78 is 0. The highest BCUT2D eigenvalue weighted by Gasteiger charge is 2.38. The van der Waals surface area contributed by atoms with Crippen molar-refractivity contribution in [2.45, 2.75) is 24.8 Å². The van der Waals surface area contributed by atoms with Gasteiger partial charge in [-0.15, -0.1) is 0 Å². The van der Waals surface area contributed by atoms with Gasteiger partial charge in [0.05, 0.1) is 6.54 Å². The van der Waals surface area contributed by atoms with E-state index in [1.165, 1.54) is 19.3 Å². The van der Waals surface area contributed by atoms with Gasteiger partial charge in [0.2, 0.25) is 5.91 Å². The predicted molar refractivity (Wildman–Crippen MR) is 57.2 cm³/mol. The highest BCUT2D eigenvalue weighted by Crippen LogP contribution is 2.35. The standard InChI is InChI=1S/C10H21N3O/c1-11-7-9(14)12-8-10(13(2)3)5-4-6-10/h11H,4-8H2,1-3H3,(H,12,14). The second-order valence-corrected chi connectivity index (χ2v) is 4.28. The largest absolute Gasteiger partial charge is 0.353 e. The molecule has 1 aliphatic rings. The summed E-state index contributed by atoms with van der Waals surface area (Å²) in [6.45, 7) is 1.18. The van der Waals surface area contributed by atoms with Gasteiger partial charge in [-0.3, -0.25) is 4.79 Å². The molecule has 82 valence electrons. The van der Waals surface area contributed by atoms with Crippen molar-refractivity contribution in [1.82, 2.24) is 15.5 Å². The van der Waals surface area contributed by atoms with Crippen molar-refractivity contribution < 1.29 is 4.79 Å². The van der Waals surface area contributed by atoms with E-state index >= 15 is 0 Å². The van der Waals surface area contributed by atoms with Crippen molar-refractivity contribution in [1.29, 1.82) is 0 Å². The number of nitrogens with zero attached hydrogens (tertiary/aromatic N) is 1. The molecule has 0 aromatic rings. The zero-order valence-corrected chi connectivity index (χ0v) is 9.39. The average molecular weight is 199 g/mol. The topological polar surface area (TPSA) is 44.4 Å². The van der Waals surface area contributed by atoms with Gasteiger partial charge in [-0.05, 0) is 40.4 Å². The highest BCUT2D eigenvalue weighted by molar-refractivity contribution is 5.78. The molecule has 0 spiro atoms. The Kier molecular flexibility index (Phi) is 3.89. The molecule has 0 aliphatic heterocycles. The Morgan fingerprint density at radius 2 is 2.07 bits per heavy atom. The molecule has 0 bridgehead atoms. The number of hydrogen-bond acceptors (Lipinski definition) is 3. The summed E-state index contributed by atoms with van der Waals surface area (Å²) in [7, 11) is 5.96. The van der Waals surface area contributed by atoms with Gasteiger partial charge in [-0.25, -0.2) is 0 Å². The molecule has 0 unspecified atom stereocenters. The van der Waals surface area contributed by atoms with Crippen molar-refractivity contribution in [2.24, 2.45) is 0 Å². The smallest absolute Gasteiger partial charge is 0.234 e. The zero-order valence-electron chi connectivity index (χ0n) is 9.39. The number of carbonyl (C=O) groups is 1. The molecule has 0 saturated heterocycles. The van der Waals surface area contributed by atoms with Crippen LogP contribution in [0.4, 0.5) is 0 Å². The van der Waals surface area contributed by atoms with Crippen molar-refractivity contribution in [3.05, 3.63) is 0 Å². The van der Waals surface area contributed by atoms with E-state index in [-0.39, 0.29) is 11.4 Å². The Balaban J connectivity index is 2.31. The highest BCUT2D eigenvalue weighted by atomic mass is 16.1. The molecule has 0 heterocycles. The normalized spacial score (nSPS) is 19.1. The summed E-state index contributed by atoms with van der Waals surface area (Å²) in [5.41, 5.74) is 0.226. The molecule has 1 fully saturated rings. The molecule has 2 N–H and O–H groups in total. The number of likely N-dealkylation sites (N-methyl/N-ethyl adjacent to an activating group) is 2. The molecule has 4 heteroatoms. The van der Waals surface area contributed by atoms with E-state index in [4.69, 9.17) is 0 Å². The average Bonchev–Trinajstić information content (AvgIpc) is 2.02. The van der Waals surface area contributed by atoms with Gasteiger partial charge < -0.3 is 15.5 Å². The zero-order chi connectivity index (χ0) is 10.6. The van der Waals surface area contributed by atoms with E-state index in [9.17, 15) is 4.79 Å². The minimum Gasteiger partial charge on any atom is -0.353 e.